The lowest BCUT2D eigenvalue weighted by Crippen LogP contribution is -2.53. The molecule has 0 aromatic carbocycles. The maximum Gasteiger partial charge on any atom is 0.244 e. The highest BCUT2D eigenvalue weighted by Gasteiger charge is 2.34. The van der Waals surface area contributed by atoms with Crippen LogP contribution in [0.3, 0.4) is 0 Å². The molecule has 0 aromatic rings. The molecule has 0 atom stereocenters. The number of rotatable bonds is 7. The SMILES string of the molecule is C/C(=C\C(=O)NCC1(O)CCN(C(=O)CNC(=O)C2CCC2)CC1)C1CC1. The van der Waals surface area contributed by atoms with Gasteiger partial charge in [-0.25, -0.2) is 0 Å². The zero-order valence-corrected chi connectivity index (χ0v) is 16.1. The molecular weight excluding hydrogens is 346 g/mol. The summed E-state index contributed by atoms with van der Waals surface area (Å²) in [6.45, 7) is 3.05. The second-order valence-corrected chi connectivity index (χ2v) is 8.33. The van der Waals surface area contributed by atoms with Gasteiger partial charge in [-0.15, -0.1) is 0 Å². The van der Waals surface area contributed by atoms with E-state index in [2.05, 4.69) is 10.6 Å². The third kappa shape index (κ3) is 5.54. The first kappa shape index (κ1) is 19.9. The minimum atomic E-state index is -0.983. The Morgan fingerprint density at radius 1 is 1.07 bits per heavy atom. The fraction of sp³-hybridized carbons (Fsp3) is 0.750. The van der Waals surface area contributed by atoms with E-state index >= 15 is 0 Å². The number of carbonyl (C=O) groups is 3. The van der Waals surface area contributed by atoms with Gasteiger partial charge in [-0.1, -0.05) is 12.0 Å². The van der Waals surface area contributed by atoms with Gasteiger partial charge in [0.25, 0.3) is 0 Å². The first-order valence-corrected chi connectivity index (χ1v) is 10.1. The number of amides is 3. The van der Waals surface area contributed by atoms with Gasteiger partial charge in [-0.05, 0) is 51.4 Å². The van der Waals surface area contributed by atoms with Crippen molar-refractivity contribution in [1.82, 2.24) is 15.5 Å². The smallest absolute Gasteiger partial charge is 0.244 e. The molecule has 150 valence electrons. The second kappa shape index (κ2) is 8.42. The maximum absolute atomic E-state index is 12.3. The van der Waals surface area contributed by atoms with Gasteiger partial charge in [-0.3, -0.25) is 14.4 Å². The molecule has 3 fully saturated rings. The Balaban J connectivity index is 1.36. The van der Waals surface area contributed by atoms with Crippen LogP contribution < -0.4 is 10.6 Å². The van der Waals surface area contributed by atoms with Crippen LogP contribution in [0, 0.1) is 11.8 Å². The zero-order valence-electron chi connectivity index (χ0n) is 16.1. The summed E-state index contributed by atoms with van der Waals surface area (Å²) in [6.07, 6.45) is 7.69. The molecule has 0 bridgehead atoms. The highest BCUT2D eigenvalue weighted by molar-refractivity contribution is 5.88. The van der Waals surface area contributed by atoms with Gasteiger partial charge in [0.1, 0.15) is 0 Å². The van der Waals surface area contributed by atoms with Gasteiger partial charge < -0.3 is 20.6 Å². The monoisotopic (exact) mass is 377 g/mol. The lowest BCUT2D eigenvalue weighted by molar-refractivity contribution is -0.138. The van der Waals surface area contributed by atoms with Crippen molar-refractivity contribution in [3.05, 3.63) is 11.6 Å². The van der Waals surface area contributed by atoms with Gasteiger partial charge in [-0.2, -0.15) is 0 Å². The van der Waals surface area contributed by atoms with Crippen LogP contribution in [0.1, 0.15) is 51.9 Å². The molecule has 2 aliphatic carbocycles. The summed E-state index contributed by atoms with van der Waals surface area (Å²) in [5, 5.41) is 16.2. The minimum absolute atomic E-state index is 0.0235. The van der Waals surface area contributed by atoms with E-state index in [4.69, 9.17) is 0 Å². The number of nitrogens with one attached hydrogen (secondary N) is 2. The van der Waals surface area contributed by atoms with E-state index < -0.39 is 5.60 Å². The number of hydrogen-bond acceptors (Lipinski definition) is 4. The van der Waals surface area contributed by atoms with Crippen LogP contribution >= 0.6 is 0 Å². The summed E-state index contributed by atoms with van der Waals surface area (Å²) in [5.74, 6) is 0.325. The summed E-state index contributed by atoms with van der Waals surface area (Å²) in [5.41, 5.74) is 0.118. The fourth-order valence-corrected chi connectivity index (χ4v) is 3.60. The first-order chi connectivity index (χ1) is 12.9. The molecule has 3 rings (SSSR count). The summed E-state index contributed by atoms with van der Waals surface area (Å²) < 4.78 is 0. The molecule has 0 spiro atoms. The summed E-state index contributed by atoms with van der Waals surface area (Å²) in [7, 11) is 0. The van der Waals surface area contributed by atoms with E-state index in [1.807, 2.05) is 6.92 Å². The predicted octanol–water partition coefficient (Wildman–Crippen LogP) is 0.729. The summed E-state index contributed by atoms with van der Waals surface area (Å²) in [6, 6.07) is 0. The Hall–Kier alpha value is -1.89. The van der Waals surface area contributed by atoms with E-state index in [-0.39, 0.29) is 36.7 Å². The molecule has 0 aromatic heterocycles. The van der Waals surface area contributed by atoms with Crippen LogP contribution in [-0.2, 0) is 14.4 Å². The largest absolute Gasteiger partial charge is 0.388 e. The number of likely N-dealkylation sites (tertiary alicyclic amines) is 1. The van der Waals surface area contributed by atoms with Crippen LogP contribution in [0.5, 0.6) is 0 Å². The van der Waals surface area contributed by atoms with Gasteiger partial charge in [0, 0.05) is 31.6 Å². The Labute approximate surface area is 160 Å². The third-order valence-electron chi connectivity index (χ3n) is 6.11. The topological polar surface area (TPSA) is 98.7 Å². The van der Waals surface area contributed by atoms with Crippen molar-refractivity contribution in [2.45, 2.75) is 57.5 Å². The number of aliphatic hydroxyl groups is 1. The summed E-state index contributed by atoms with van der Waals surface area (Å²) >= 11 is 0. The van der Waals surface area contributed by atoms with Crippen LogP contribution in [-0.4, -0.2) is 59.5 Å². The number of nitrogens with zero attached hydrogens (tertiary/aromatic N) is 1. The quantitative estimate of drug-likeness (QED) is 0.570. The highest BCUT2D eigenvalue weighted by Crippen LogP contribution is 2.35. The van der Waals surface area contributed by atoms with Crippen molar-refractivity contribution >= 4 is 17.7 Å². The van der Waals surface area contributed by atoms with E-state index in [9.17, 15) is 19.5 Å². The van der Waals surface area contributed by atoms with Crippen LogP contribution in [0.15, 0.2) is 11.6 Å². The molecule has 3 aliphatic rings. The minimum Gasteiger partial charge on any atom is -0.388 e. The molecule has 1 aliphatic heterocycles. The molecule has 2 saturated carbocycles. The molecule has 0 radical (unpaired) electrons. The molecule has 3 amide bonds. The summed E-state index contributed by atoms with van der Waals surface area (Å²) in [4.78, 5) is 37.7. The molecule has 0 unspecified atom stereocenters. The average Bonchev–Trinajstić information content (AvgIpc) is 3.42. The van der Waals surface area contributed by atoms with Gasteiger partial charge in [0.15, 0.2) is 0 Å². The Morgan fingerprint density at radius 3 is 2.30 bits per heavy atom. The van der Waals surface area contributed by atoms with Crippen molar-refractivity contribution < 1.29 is 19.5 Å². The predicted molar refractivity (Wildman–Crippen MR) is 101 cm³/mol. The number of allylic oxidation sites excluding steroid dienone is 1. The lowest BCUT2D eigenvalue weighted by Gasteiger charge is -2.38. The van der Waals surface area contributed by atoms with Gasteiger partial charge in [0.05, 0.1) is 12.1 Å². The van der Waals surface area contributed by atoms with Crippen molar-refractivity contribution in [1.29, 1.82) is 0 Å². The van der Waals surface area contributed by atoms with Gasteiger partial charge >= 0.3 is 0 Å². The molecule has 27 heavy (non-hydrogen) atoms. The highest BCUT2D eigenvalue weighted by atomic mass is 16.3. The Morgan fingerprint density at radius 2 is 1.74 bits per heavy atom. The Kier molecular flexibility index (Phi) is 6.19. The van der Waals surface area contributed by atoms with Crippen LogP contribution in [0.2, 0.25) is 0 Å². The third-order valence-corrected chi connectivity index (χ3v) is 6.11. The van der Waals surface area contributed by atoms with Crippen LogP contribution in [0.25, 0.3) is 0 Å². The van der Waals surface area contributed by atoms with Crippen molar-refractivity contribution in [3.63, 3.8) is 0 Å². The van der Waals surface area contributed by atoms with E-state index in [1.165, 1.54) is 0 Å². The lowest BCUT2D eigenvalue weighted by atomic mass is 9.85. The standard InChI is InChI=1S/C20H31N3O4/c1-14(15-5-6-15)11-17(24)22-13-20(27)7-9-23(10-8-20)18(25)12-21-19(26)16-3-2-4-16/h11,15-16,27H,2-10,12-13H2,1H3,(H,21,26)(H,22,24)/b14-11+. The number of piperidine rings is 1. The maximum atomic E-state index is 12.3. The fourth-order valence-electron chi connectivity index (χ4n) is 3.60. The van der Waals surface area contributed by atoms with Gasteiger partial charge in [0.2, 0.25) is 17.7 Å². The molecule has 7 heteroatoms. The average molecular weight is 377 g/mol. The molecule has 7 nitrogen and oxygen atoms in total. The van der Waals surface area contributed by atoms with Crippen molar-refractivity contribution in [2.24, 2.45) is 11.8 Å². The second-order valence-electron chi connectivity index (χ2n) is 8.33. The molecule has 1 heterocycles. The first-order valence-electron chi connectivity index (χ1n) is 10.1. The number of hydrogen-bond donors (Lipinski definition) is 3. The van der Waals surface area contributed by atoms with E-state index in [0.29, 0.717) is 31.8 Å². The zero-order chi connectivity index (χ0) is 19.4. The normalized spacial score (nSPS) is 22.7. The molecule has 1 saturated heterocycles. The number of carbonyl (C=O) groups excluding carboxylic acids is 3. The molecule has 3 N–H and O–H groups in total. The van der Waals surface area contributed by atoms with E-state index in [0.717, 1.165) is 37.7 Å². The Bertz CT molecular complexity index is 615. The van der Waals surface area contributed by atoms with Crippen LogP contribution in [0.4, 0.5) is 0 Å². The van der Waals surface area contributed by atoms with Crippen molar-refractivity contribution in [3.8, 4) is 0 Å². The van der Waals surface area contributed by atoms with E-state index in [1.54, 1.807) is 11.0 Å². The molecular formula is C20H31N3O4. The van der Waals surface area contributed by atoms with Crippen molar-refractivity contribution in [2.75, 3.05) is 26.2 Å².